The van der Waals surface area contributed by atoms with Crippen molar-refractivity contribution < 1.29 is 24.5 Å². The smallest absolute Gasteiger partial charge is 0.264 e. The quantitative estimate of drug-likeness (QED) is 0.595. The molecule has 0 aliphatic heterocycles. The standard InChI is InChI=1S/C10H16N2O4S/c1-8(11)10(13)7-12(14)17(15,16)9-5-3-2-4-6-9/h2-6,8,10,13-14H,7,11H2,1H3/p+1. The van der Waals surface area contributed by atoms with Gasteiger partial charge in [0.2, 0.25) is 0 Å². The van der Waals surface area contributed by atoms with E-state index in [-0.39, 0.29) is 15.4 Å². The van der Waals surface area contributed by atoms with Crippen molar-refractivity contribution in [2.45, 2.75) is 24.0 Å². The second-order valence-electron chi connectivity index (χ2n) is 3.87. The number of sulfonamides is 1. The Hall–Kier alpha value is -0.990. The molecule has 6 nitrogen and oxygen atoms in total. The van der Waals surface area contributed by atoms with Crippen molar-refractivity contribution >= 4 is 10.0 Å². The summed E-state index contributed by atoms with van der Waals surface area (Å²) in [5, 5.41) is 19.0. The predicted molar refractivity (Wildman–Crippen MR) is 60.5 cm³/mol. The Morgan fingerprint density at radius 1 is 1.35 bits per heavy atom. The van der Waals surface area contributed by atoms with Crippen LogP contribution in [0.4, 0.5) is 0 Å². The van der Waals surface area contributed by atoms with Crippen LogP contribution in [0.15, 0.2) is 35.2 Å². The van der Waals surface area contributed by atoms with Crippen LogP contribution < -0.4 is 5.73 Å². The van der Waals surface area contributed by atoms with E-state index in [1.54, 1.807) is 25.1 Å². The Balaban J connectivity index is 2.85. The number of aliphatic hydroxyl groups excluding tert-OH is 1. The summed E-state index contributed by atoms with van der Waals surface area (Å²) in [6, 6.07) is 7.16. The minimum Gasteiger partial charge on any atom is -0.385 e. The molecule has 2 unspecified atom stereocenters. The van der Waals surface area contributed by atoms with Gasteiger partial charge in [-0.05, 0) is 19.1 Å². The first-order chi connectivity index (χ1) is 7.85. The molecule has 0 aliphatic rings. The predicted octanol–water partition coefficient (Wildman–Crippen LogP) is -0.942. The molecule has 0 saturated heterocycles. The minimum absolute atomic E-state index is 0.0218. The molecule has 0 amide bonds. The molecule has 0 aromatic heterocycles. The topological polar surface area (TPSA) is 105 Å². The lowest BCUT2D eigenvalue weighted by molar-refractivity contribution is -0.432. The molecule has 0 radical (unpaired) electrons. The molecule has 5 N–H and O–H groups in total. The van der Waals surface area contributed by atoms with E-state index in [1.165, 1.54) is 12.1 Å². The molecule has 1 rings (SSSR count). The van der Waals surface area contributed by atoms with E-state index in [0.29, 0.717) is 0 Å². The number of nitrogens with zero attached hydrogens (tertiary/aromatic N) is 1. The highest BCUT2D eigenvalue weighted by Gasteiger charge is 2.27. The number of hydrogen-bond donors (Lipinski definition) is 3. The molecule has 7 heteroatoms. The molecule has 2 atom stereocenters. The van der Waals surface area contributed by atoms with Gasteiger partial charge in [0.1, 0.15) is 12.1 Å². The average molecular weight is 261 g/mol. The van der Waals surface area contributed by atoms with Crippen LogP contribution >= 0.6 is 0 Å². The van der Waals surface area contributed by atoms with Gasteiger partial charge >= 0.3 is 0 Å². The summed E-state index contributed by atoms with van der Waals surface area (Å²) in [6.45, 7) is 1.23. The van der Waals surface area contributed by atoms with Crippen molar-refractivity contribution in [1.29, 1.82) is 0 Å². The first-order valence-corrected chi connectivity index (χ1v) is 6.57. The molecule has 17 heavy (non-hydrogen) atoms. The van der Waals surface area contributed by atoms with Gasteiger partial charge in [-0.1, -0.05) is 22.7 Å². The molecule has 96 valence electrons. The zero-order valence-corrected chi connectivity index (χ0v) is 10.3. The summed E-state index contributed by atoms with van der Waals surface area (Å²) in [5.74, 6) is 0. The number of hydroxylamine groups is 1. The third kappa shape index (κ3) is 3.48. The van der Waals surface area contributed by atoms with E-state index in [1.807, 2.05) is 0 Å². The van der Waals surface area contributed by atoms with Gasteiger partial charge in [0.05, 0.1) is 11.4 Å². The molecule has 1 aromatic rings. The van der Waals surface area contributed by atoms with Crippen molar-refractivity contribution in [2.24, 2.45) is 0 Å². The molecule has 0 heterocycles. The van der Waals surface area contributed by atoms with Crippen LogP contribution in [0.2, 0.25) is 0 Å². The van der Waals surface area contributed by atoms with Gasteiger partial charge < -0.3 is 10.8 Å². The van der Waals surface area contributed by atoms with Crippen molar-refractivity contribution in [1.82, 2.24) is 4.47 Å². The highest BCUT2D eigenvalue weighted by atomic mass is 32.2. The maximum absolute atomic E-state index is 11.8. The Kier molecular flexibility index (Phi) is 4.61. The van der Waals surface area contributed by atoms with Gasteiger partial charge in [-0.15, -0.1) is 0 Å². The lowest BCUT2D eigenvalue weighted by atomic mass is 10.2. The summed E-state index contributed by atoms with van der Waals surface area (Å²) in [6.07, 6.45) is -1.02. The minimum atomic E-state index is -3.97. The van der Waals surface area contributed by atoms with Crippen molar-refractivity contribution in [2.75, 3.05) is 6.54 Å². The van der Waals surface area contributed by atoms with Crippen molar-refractivity contribution in [3.8, 4) is 0 Å². The average Bonchev–Trinajstić information content (AvgIpc) is 2.29. The summed E-state index contributed by atoms with van der Waals surface area (Å²) in [7, 11) is -3.97. The van der Waals surface area contributed by atoms with Crippen LogP contribution in [-0.4, -0.2) is 41.9 Å². The van der Waals surface area contributed by atoms with Crippen LogP contribution in [-0.2, 0) is 10.0 Å². The summed E-state index contributed by atoms with van der Waals surface area (Å²) < 4.78 is 23.8. The van der Waals surface area contributed by atoms with E-state index in [9.17, 15) is 18.7 Å². The molecule has 0 saturated carbocycles. The van der Waals surface area contributed by atoms with E-state index in [2.05, 4.69) is 5.73 Å². The van der Waals surface area contributed by atoms with Gasteiger partial charge in [-0.3, -0.25) is 5.21 Å². The maximum Gasteiger partial charge on any atom is 0.264 e. The Bertz CT molecular complexity index is 447. The molecular weight excluding hydrogens is 244 g/mol. The molecule has 0 bridgehead atoms. The lowest BCUT2D eigenvalue weighted by Crippen LogP contribution is -2.66. The summed E-state index contributed by atoms with van der Waals surface area (Å²) >= 11 is 0. The normalized spacial score (nSPS) is 15.8. The zero-order valence-electron chi connectivity index (χ0n) is 9.52. The number of aliphatic hydroxyl groups is 1. The Morgan fingerprint density at radius 2 is 1.88 bits per heavy atom. The summed E-state index contributed by atoms with van der Waals surface area (Å²) in [5.41, 5.74) is 3.56. The monoisotopic (exact) mass is 261 g/mol. The fourth-order valence-electron chi connectivity index (χ4n) is 1.15. The first kappa shape index (κ1) is 14.1. The third-order valence-electron chi connectivity index (χ3n) is 2.32. The zero-order chi connectivity index (χ0) is 13.1. The van der Waals surface area contributed by atoms with Crippen molar-refractivity contribution in [3.05, 3.63) is 30.3 Å². The number of benzene rings is 1. The molecular formula is C10H17N2O4S+. The maximum atomic E-state index is 11.8. The van der Waals surface area contributed by atoms with Crippen LogP contribution in [0.5, 0.6) is 0 Å². The van der Waals surface area contributed by atoms with Crippen LogP contribution in [0, 0.1) is 0 Å². The third-order valence-corrected chi connectivity index (χ3v) is 3.89. The number of hydrogen-bond acceptors (Lipinski definition) is 4. The fourth-order valence-corrected chi connectivity index (χ4v) is 2.25. The van der Waals surface area contributed by atoms with Gasteiger partial charge in [0, 0.05) is 0 Å². The Morgan fingerprint density at radius 3 is 2.35 bits per heavy atom. The van der Waals surface area contributed by atoms with Gasteiger partial charge in [0.25, 0.3) is 10.0 Å². The van der Waals surface area contributed by atoms with Gasteiger partial charge in [-0.25, -0.2) is 8.42 Å². The number of quaternary nitrogens is 1. The first-order valence-electron chi connectivity index (χ1n) is 5.13. The highest BCUT2D eigenvalue weighted by Crippen LogP contribution is 2.13. The van der Waals surface area contributed by atoms with Crippen LogP contribution in [0.1, 0.15) is 6.92 Å². The Labute approximate surface area is 100 Å². The fraction of sp³-hybridized carbons (Fsp3) is 0.400. The van der Waals surface area contributed by atoms with E-state index >= 15 is 0 Å². The van der Waals surface area contributed by atoms with Gasteiger partial charge in [-0.2, -0.15) is 0 Å². The van der Waals surface area contributed by atoms with E-state index in [0.717, 1.165) is 0 Å². The largest absolute Gasteiger partial charge is 0.385 e. The molecule has 0 fully saturated rings. The van der Waals surface area contributed by atoms with Crippen LogP contribution in [0.25, 0.3) is 0 Å². The second kappa shape index (κ2) is 5.56. The van der Waals surface area contributed by atoms with E-state index in [4.69, 9.17) is 0 Å². The second-order valence-corrected chi connectivity index (χ2v) is 5.71. The lowest BCUT2D eigenvalue weighted by Gasteiger charge is -2.19. The van der Waals surface area contributed by atoms with E-state index < -0.39 is 22.7 Å². The van der Waals surface area contributed by atoms with Crippen LogP contribution in [0.3, 0.4) is 0 Å². The molecule has 1 aromatic carbocycles. The van der Waals surface area contributed by atoms with Gasteiger partial charge in [0.15, 0.2) is 0 Å². The molecule has 0 aliphatic carbocycles. The SMILES string of the molecule is CC([NH3+])C(O)CN(O)S(=O)(=O)c1ccccc1. The van der Waals surface area contributed by atoms with Crippen molar-refractivity contribution in [3.63, 3.8) is 0 Å². The molecule has 0 spiro atoms. The highest BCUT2D eigenvalue weighted by molar-refractivity contribution is 7.89. The summed E-state index contributed by atoms with van der Waals surface area (Å²) in [4.78, 5) is -0.0218. The number of rotatable bonds is 5.